The van der Waals surface area contributed by atoms with E-state index >= 15 is 24.0 Å². The molecule has 101 heavy (non-hydrogen) atoms. The topological polar surface area (TPSA) is 442 Å². The van der Waals surface area contributed by atoms with Crippen LogP contribution in [0, 0.1) is 41.4 Å². The molecule has 0 aromatic heterocycles. The number of ether oxygens (including phenoxy) is 4. The van der Waals surface area contributed by atoms with Crippen molar-refractivity contribution < 1.29 is 103 Å². The number of nitrogens with two attached hydrogens (primary N) is 1. The summed E-state index contributed by atoms with van der Waals surface area (Å²) in [6.07, 6.45) is -11.5. The van der Waals surface area contributed by atoms with Gasteiger partial charge < -0.3 is 97.2 Å². The van der Waals surface area contributed by atoms with Gasteiger partial charge in [0.2, 0.25) is 41.6 Å². The Bertz CT molecular complexity index is 4090. The zero-order chi connectivity index (χ0) is 72.3. The van der Waals surface area contributed by atoms with Gasteiger partial charge >= 0.3 is 0 Å². The molecule has 5 amide bonds. The molecule has 5 aromatic rings. The number of fused-ring (bicyclic) bond motifs is 15. The summed E-state index contributed by atoms with van der Waals surface area (Å²) in [6, 6.07) is 6.48. The second-order valence-corrected chi connectivity index (χ2v) is 29.0. The van der Waals surface area contributed by atoms with Crippen LogP contribution in [0.5, 0.6) is 46.0 Å². The van der Waals surface area contributed by atoms with Crippen LogP contribution in [-0.4, -0.2) is 155 Å². The summed E-state index contributed by atoms with van der Waals surface area (Å²) in [5.41, 5.74) is 4.38. The zero-order valence-electron chi connectivity index (χ0n) is 55.1. The predicted octanol–water partition coefficient (Wildman–Crippen LogP) is 4.79. The third-order valence-electron chi connectivity index (χ3n) is 20.9. The number of carbonyl (C=O) groups excluding carboxylic acids is 8. The molecule has 538 valence electrons. The molecule has 5 unspecified atom stereocenters. The molecule has 15 rings (SSSR count). The first-order chi connectivity index (χ1) is 48.1. The number of amides is 5. The van der Waals surface area contributed by atoms with E-state index in [1.807, 2.05) is 13.8 Å². The summed E-state index contributed by atoms with van der Waals surface area (Å²) in [7, 11) is 1.51. The van der Waals surface area contributed by atoms with Gasteiger partial charge in [-0.05, 0) is 163 Å². The van der Waals surface area contributed by atoms with Crippen LogP contribution < -0.4 is 46.5 Å². The average Bonchev–Trinajstić information content (AvgIpc) is 0.765. The molecule has 29 heteroatoms. The number of phenolic OH excluding ortho intramolecular Hbond substituents is 3. The summed E-state index contributed by atoms with van der Waals surface area (Å²) >= 11 is 14.1. The zero-order valence-corrected chi connectivity index (χ0v) is 56.6. The minimum atomic E-state index is -2.13. The number of carbonyl (C=O) groups is 8. The molecule has 16 N–H and O–H groups in total. The van der Waals surface area contributed by atoms with E-state index < -0.39 is 192 Å². The molecule has 5 fully saturated rings. The molecule has 1 saturated heterocycles. The van der Waals surface area contributed by atoms with Crippen molar-refractivity contribution in [3.63, 3.8) is 0 Å². The van der Waals surface area contributed by atoms with Crippen LogP contribution in [0.15, 0.2) is 78.9 Å². The number of rotatable bonds is 13. The summed E-state index contributed by atoms with van der Waals surface area (Å²) in [5, 5.41) is 117. The van der Waals surface area contributed by atoms with Crippen LogP contribution in [0.2, 0.25) is 10.0 Å². The van der Waals surface area contributed by atoms with Gasteiger partial charge in [-0.2, -0.15) is 0 Å². The van der Waals surface area contributed by atoms with Gasteiger partial charge in [-0.3, -0.25) is 38.4 Å². The molecular weight excluding hydrogens is 1360 g/mol. The Kier molecular flexibility index (Phi) is 21.1. The van der Waals surface area contributed by atoms with E-state index in [4.69, 9.17) is 47.9 Å². The van der Waals surface area contributed by atoms with E-state index in [0.29, 0.717) is 11.8 Å². The summed E-state index contributed by atoms with van der Waals surface area (Å²) in [4.78, 5) is 120. The van der Waals surface area contributed by atoms with Crippen LogP contribution >= 0.6 is 23.2 Å². The van der Waals surface area contributed by atoms with E-state index in [-0.39, 0.29) is 97.0 Å². The number of aromatic hydroxyl groups is 3. The first-order valence-corrected chi connectivity index (χ1v) is 34.4. The molecule has 0 spiro atoms. The van der Waals surface area contributed by atoms with Gasteiger partial charge in [-0.25, -0.2) is 0 Å². The monoisotopic (exact) mass is 1430 g/mol. The second-order valence-electron chi connectivity index (χ2n) is 28.2. The molecular formula is C72H80Cl2N6O21. The number of likely N-dealkylation sites (N-methyl/N-ethyl adjacent to an activating group) is 1. The summed E-state index contributed by atoms with van der Waals surface area (Å²) < 4.78 is 25.3. The van der Waals surface area contributed by atoms with Crippen LogP contribution in [0.4, 0.5) is 0 Å². The fraction of sp³-hybridized carbons (Fsp3) is 0.472. The number of hydrogen-bond acceptors (Lipinski definition) is 22. The normalized spacial score (nSPS) is 30.4. The van der Waals surface area contributed by atoms with Crippen molar-refractivity contribution in [1.29, 1.82) is 0 Å². The molecule has 4 saturated carbocycles. The lowest BCUT2D eigenvalue weighted by molar-refractivity contribution is -0.277. The molecule has 6 aliphatic heterocycles. The second kappa shape index (κ2) is 29.5. The number of benzene rings is 5. The Morgan fingerprint density at radius 1 is 0.663 bits per heavy atom. The van der Waals surface area contributed by atoms with E-state index in [9.17, 15) is 60.3 Å². The van der Waals surface area contributed by atoms with E-state index in [1.165, 1.54) is 55.6 Å². The largest absolute Gasteiger partial charge is 0.508 e. The smallest absolute Gasteiger partial charge is 0.246 e. The minimum absolute atomic E-state index is 0.0523. The van der Waals surface area contributed by atoms with Gasteiger partial charge in [0, 0.05) is 42.9 Å². The molecule has 14 atom stereocenters. The van der Waals surface area contributed by atoms with E-state index in [1.54, 1.807) is 0 Å². The average molecular weight is 1440 g/mol. The fourth-order valence-electron chi connectivity index (χ4n) is 16.0. The third kappa shape index (κ3) is 14.8. The maximum absolute atomic E-state index is 16.2. The number of primary amides is 1. The lowest BCUT2D eigenvalue weighted by Crippen LogP contribution is -2.60. The number of halogens is 2. The highest BCUT2D eigenvalue weighted by Gasteiger charge is 2.51. The van der Waals surface area contributed by atoms with Gasteiger partial charge in [0.15, 0.2) is 28.8 Å². The Hall–Kier alpha value is -8.48. The van der Waals surface area contributed by atoms with Gasteiger partial charge in [0.1, 0.15) is 89.5 Å². The molecule has 27 nitrogen and oxygen atoms in total. The lowest BCUT2D eigenvalue weighted by Gasteiger charge is -2.54. The Labute approximate surface area is 589 Å². The van der Waals surface area contributed by atoms with Crippen molar-refractivity contribution in [3.05, 3.63) is 117 Å². The van der Waals surface area contributed by atoms with Gasteiger partial charge in [-0.1, -0.05) is 55.2 Å². The molecule has 5 aromatic carbocycles. The number of aliphatic hydroxyl groups is 6. The maximum Gasteiger partial charge on any atom is 0.246 e. The number of nitrogens with one attached hydrogen (secondary N) is 5. The fourth-order valence-corrected chi connectivity index (χ4v) is 16.5. The highest BCUT2D eigenvalue weighted by atomic mass is 35.5. The Morgan fingerprint density at radius 2 is 1.29 bits per heavy atom. The summed E-state index contributed by atoms with van der Waals surface area (Å²) in [5.74, 6) is -14.6. The first-order valence-electron chi connectivity index (χ1n) is 33.7. The predicted molar refractivity (Wildman–Crippen MR) is 358 cm³/mol. The first kappa shape index (κ1) is 72.3. The van der Waals surface area contributed by atoms with Crippen LogP contribution in [0.1, 0.15) is 136 Å². The van der Waals surface area contributed by atoms with E-state index in [0.717, 1.165) is 62.4 Å². The van der Waals surface area contributed by atoms with Gasteiger partial charge in [0.25, 0.3) is 0 Å². The summed E-state index contributed by atoms with van der Waals surface area (Å²) in [6.45, 7) is 2.78. The van der Waals surface area contributed by atoms with Crippen molar-refractivity contribution in [3.8, 4) is 57.1 Å². The molecule has 6 heterocycles. The SMILES string of the molecule is CN[C@H](CC(C)C)C(=O)N[C@H]1C(=O)C[C@@H](CC(N)=O)C(=O)N[C@H]2C(=O)C[C@H]3C(=O)N[C@@H](C(=O)N[C@H](C(=O)CC4C5CC6CC(C5)CC4C6)c4cc(O)cc(O)c4-c4cc3ccc4O)[C@H](O)c3ccc(c(Cl)c3)Oc3cc2cc(c3OC2OC(CO)C(O)C(O)C2O)Oc2ccc(cc2Cl)[C@H]1O. The third-order valence-corrected chi connectivity index (χ3v) is 21.5. The number of ketones is 3. The molecule has 0 radical (unpaired) electrons. The van der Waals surface area contributed by atoms with Crippen LogP contribution in [0.3, 0.4) is 0 Å². The van der Waals surface area contributed by atoms with Crippen molar-refractivity contribution in [2.75, 3.05) is 13.7 Å². The molecule has 4 aliphatic carbocycles. The van der Waals surface area contributed by atoms with Crippen molar-refractivity contribution in [2.24, 2.45) is 47.2 Å². The number of hydrogen-bond donors (Lipinski definition) is 15. The number of aliphatic hydroxyl groups excluding tert-OH is 6. The highest BCUT2D eigenvalue weighted by Crippen LogP contribution is 2.58. The quantitative estimate of drug-likeness (QED) is 0.0753. The van der Waals surface area contributed by atoms with Crippen molar-refractivity contribution >= 4 is 70.1 Å². The minimum Gasteiger partial charge on any atom is -0.508 e. The number of phenols is 3. The molecule has 15 bridgehead atoms. The standard InChI is InChI=1S/C72H80Cl2N6O21/c1-28(2)10-45(76-3)70(96)79-60-48(85)19-37(22-56(75)88)68(94)77-58-36-20-53(98-51-8-5-32(62(60)89)17-43(51)73)67(101-72-66(93)65(92)64(91)55(27-81)100-72)54(21-36)99-52-9-6-33(18-44(52)74)63(90)61-71(97)78-59(50(87)25-39-34-12-29-11-30(14-34)15-35(39)13-29)42-23-38(82)24-47(84)57(42)41-16-31(4-7-46(41)83)40(26-49(58)86)69(95)80-61/h4-9,16-18,20-21,23-24,28-30,34-35,37,39-40,45,55,58-66,72,76,81-84,89-93H,10-15,19,22,25-27H2,1-3H3,(H2,75,88)(H,77,94)(H,78,97)(H,79,96)(H,80,95)/t29?,30?,34?,35?,37-,39?,40+,45+,55?,58+,59-,60-,61+,62+,63+,64?,65?,66?,72?/m0/s1. The van der Waals surface area contributed by atoms with Crippen molar-refractivity contribution in [1.82, 2.24) is 26.6 Å². The molecule has 10 aliphatic rings. The van der Waals surface area contributed by atoms with Crippen molar-refractivity contribution in [2.45, 2.75) is 157 Å². The lowest BCUT2D eigenvalue weighted by atomic mass is 9.51. The highest BCUT2D eigenvalue weighted by molar-refractivity contribution is 6.32. The number of Topliss-reactive ketones (excluding diaryl/α,β-unsaturated/α-hetero) is 3. The Balaban J connectivity index is 1.06. The maximum atomic E-state index is 16.2. The van der Waals surface area contributed by atoms with Gasteiger partial charge in [-0.15, -0.1) is 0 Å². The Morgan fingerprint density at radius 3 is 1.88 bits per heavy atom. The van der Waals surface area contributed by atoms with Crippen LogP contribution in [0.25, 0.3) is 11.1 Å². The van der Waals surface area contributed by atoms with E-state index in [2.05, 4.69) is 26.6 Å². The van der Waals surface area contributed by atoms with Gasteiger partial charge in [0.05, 0.1) is 34.5 Å². The van der Waals surface area contributed by atoms with Crippen LogP contribution in [-0.2, 0) is 43.1 Å².